The summed E-state index contributed by atoms with van der Waals surface area (Å²) in [6.45, 7) is 0. The molecule has 0 radical (unpaired) electrons. The van der Waals surface area contributed by atoms with Gasteiger partial charge in [-0.05, 0) is 37.8 Å². The van der Waals surface area contributed by atoms with E-state index in [2.05, 4.69) is 15.9 Å². The van der Waals surface area contributed by atoms with E-state index in [0.717, 1.165) is 60.1 Å². The van der Waals surface area contributed by atoms with Crippen LogP contribution in [-0.2, 0) is 5.60 Å². The minimum Gasteiger partial charge on any atom is -0.448 e. The molecular formula is C14H15BrO3. The molecule has 0 amide bonds. The fourth-order valence-electron chi connectivity index (χ4n) is 2.98. The van der Waals surface area contributed by atoms with Gasteiger partial charge in [0.15, 0.2) is 11.5 Å². The standard InChI is InChI=1S/C14H15BrO3/c15-10-8-12-11(7-9(10)13(16)5-6-13)17-14(18-12)3-1-2-4-14/h7-8,16H,1-6H2. The Morgan fingerprint density at radius 3 is 2.22 bits per heavy atom. The van der Waals surface area contributed by atoms with Crippen LogP contribution in [0.1, 0.15) is 44.1 Å². The first-order valence-corrected chi connectivity index (χ1v) is 7.34. The van der Waals surface area contributed by atoms with Gasteiger partial charge in [-0.3, -0.25) is 0 Å². The molecule has 2 aliphatic carbocycles. The number of hydrogen-bond acceptors (Lipinski definition) is 3. The lowest BCUT2D eigenvalue weighted by Crippen LogP contribution is -2.34. The normalized spacial score (nSPS) is 25.7. The Bertz CT molecular complexity index is 516. The summed E-state index contributed by atoms with van der Waals surface area (Å²) in [7, 11) is 0. The molecule has 0 unspecified atom stereocenters. The second-order valence-corrected chi connectivity index (χ2v) is 6.49. The van der Waals surface area contributed by atoms with Gasteiger partial charge in [0.25, 0.3) is 5.79 Å². The molecule has 2 fully saturated rings. The summed E-state index contributed by atoms with van der Waals surface area (Å²) >= 11 is 3.53. The average Bonchev–Trinajstić information content (AvgIpc) is 2.80. The molecule has 1 N–H and O–H groups in total. The molecule has 4 heteroatoms. The highest BCUT2D eigenvalue weighted by Gasteiger charge is 2.47. The Morgan fingerprint density at radius 1 is 1.00 bits per heavy atom. The van der Waals surface area contributed by atoms with Crippen LogP contribution in [0.4, 0.5) is 0 Å². The van der Waals surface area contributed by atoms with Crippen molar-refractivity contribution in [2.45, 2.75) is 49.9 Å². The van der Waals surface area contributed by atoms with Crippen molar-refractivity contribution in [1.82, 2.24) is 0 Å². The summed E-state index contributed by atoms with van der Waals surface area (Å²) in [5, 5.41) is 10.2. The van der Waals surface area contributed by atoms with E-state index < -0.39 is 11.4 Å². The van der Waals surface area contributed by atoms with E-state index in [1.54, 1.807) is 0 Å². The third-order valence-electron chi connectivity index (χ3n) is 4.22. The molecular weight excluding hydrogens is 296 g/mol. The summed E-state index contributed by atoms with van der Waals surface area (Å²) in [6, 6.07) is 3.88. The van der Waals surface area contributed by atoms with Gasteiger partial charge in [-0.2, -0.15) is 0 Å². The molecule has 2 saturated carbocycles. The van der Waals surface area contributed by atoms with Crippen LogP contribution in [-0.4, -0.2) is 10.9 Å². The van der Waals surface area contributed by atoms with Crippen molar-refractivity contribution in [3.63, 3.8) is 0 Å². The maximum absolute atomic E-state index is 10.2. The third-order valence-corrected chi connectivity index (χ3v) is 4.87. The van der Waals surface area contributed by atoms with Gasteiger partial charge in [-0.15, -0.1) is 0 Å². The number of hydrogen-bond donors (Lipinski definition) is 1. The number of ether oxygens (including phenoxy) is 2. The van der Waals surface area contributed by atoms with Gasteiger partial charge in [0.05, 0.1) is 5.60 Å². The molecule has 0 bridgehead atoms. The highest BCUT2D eigenvalue weighted by atomic mass is 79.9. The quantitative estimate of drug-likeness (QED) is 0.863. The zero-order valence-electron chi connectivity index (χ0n) is 10.0. The van der Waals surface area contributed by atoms with Crippen molar-refractivity contribution >= 4 is 15.9 Å². The maximum atomic E-state index is 10.2. The fraction of sp³-hybridized carbons (Fsp3) is 0.571. The van der Waals surface area contributed by atoms with Crippen LogP contribution < -0.4 is 9.47 Å². The Labute approximate surface area is 114 Å². The maximum Gasteiger partial charge on any atom is 0.251 e. The van der Waals surface area contributed by atoms with Crippen molar-refractivity contribution in [3.8, 4) is 11.5 Å². The van der Waals surface area contributed by atoms with Crippen LogP contribution in [0.25, 0.3) is 0 Å². The lowest BCUT2D eigenvalue weighted by Gasteiger charge is -2.21. The highest BCUT2D eigenvalue weighted by molar-refractivity contribution is 9.10. The summed E-state index contributed by atoms with van der Waals surface area (Å²) in [6.07, 6.45) is 5.89. The van der Waals surface area contributed by atoms with Crippen LogP contribution >= 0.6 is 15.9 Å². The molecule has 3 nitrogen and oxygen atoms in total. The predicted octanol–water partition coefficient (Wildman–Crippen LogP) is 3.47. The molecule has 0 saturated heterocycles. The topological polar surface area (TPSA) is 38.7 Å². The Balaban J connectivity index is 1.74. The number of benzene rings is 1. The van der Waals surface area contributed by atoms with Crippen molar-refractivity contribution in [2.75, 3.05) is 0 Å². The second kappa shape index (κ2) is 3.42. The van der Waals surface area contributed by atoms with Gasteiger partial charge in [-0.1, -0.05) is 15.9 Å². The van der Waals surface area contributed by atoms with E-state index in [0.29, 0.717) is 0 Å². The van der Waals surface area contributed by atoms with E-state index in [1.807, 2.05) is 12.1 Å². The van der Waals surface area contributed by atoms with Crippen molar-refractivity contribution < 1.29 is 14.6 Å². The molecule has 0 aromatic heterocycles. The van der Waals surface area contributed by atoms with Crippen LogP contribution in [0.15, 0.2) is 16.6 Å². The predicted molar refractivity (Wildman–Crippen MR) is 69.7 cm³/mol. The number of fused-ring (bicyclic) bond motifs is 1. The molecule has 96 valence electrons. The molecule has 0 atom stereocenters. The van der Waals surface area contributed by atoms with Crippen LogP contribution in [0.3, 0.4) is 0 Å². The fourth-order valence-corrected chi connectivity index (χ4v) is 3.67. The average molecular weight is 311 g/mol. The van der Waals surface area contributed by atoms with Crippen LogP contribution in [0.2, 0.25) is 0 Å². The van der Waals surface area contributed by atoms with Crippen LogP contribution in [0.5, 0.6) is 11.5 Å². The van der Waals surface area contributed by atoms with E-state index in [1.165, 1.54) is 0 Å². The molecule has 4 rings (SSSR count). The van der Waals surface area contributed by atoms with Crippen molar-refractivity contribution in [1.29, 1.82) is 0 Å². The van der Waals surface area contributed by atoms with E-state index >= 15 is 0 Å². The van der Waals surface area contributed by atoms with Crippen LogP contribution in [0, 0.1) is 0 Å². The first kappa shape index (κ1) is 11.1. The molecule has 1 aliphatic heterocycles. The van der Waals surface area contributed by atoms with Crippen molar-refractivity contribution in [3.05, 3.63) is 22.2 Å². The highest BCUT2D eigenvalue weighted by Crippen LogP contribution is 2.53. The zero-order chi connectivity index (χ0) is 12.4. The van der Waals surface area contributed by atoms with Gasteiger partial charge < -0.3 is 14.6 Å². The van der Waals surface area contributed by atoms with Crippen molar-refractivity contribution in [2.24, 2.45) is 0 Å². The largest absolute Gasteiger partial charge is 0.448 e. The molecule has 18 heavy (non-hydrogen) atoms. The van der Waals surface area contributed by atoms with E-state index in [9.17, 15) is 5.11 Å². The Morgan fingerprint density at radius 2 is 1.61 bits per heavy atom. The monoisotopic (exact) mass is 310 g/mol. The summed E-state index contributed by atoms with van der Waals surface area (Å²) < 4.78 is 12.9. The molecule has 1 heterocycles. The molecule has 3 aliphatic rings. The van der Waals surface area contributed by atoms with Gasteiger partial charge in [0, 0.05) is 22.9 Å². The number of aliphatic hydroxyl groups is 1. The summed E-state index contributed by atoms with van der Waals surface area (Å²) in [5.41, 5.74) is 0.280. The van der Waals surface area contributed by atoms with Gasteiger partial charge >= 0.3 is 0 Å². The van der Waals surface area contributed by atoms with E-state index in [4.69, 9.17) is 9.47 Å². The number of halogens is 1. The van der Waals surface area contributed by atoms with Gasteiger partial charge in [0.2, 0.25) is 0 Å². The Kier molecular flexibility index (Phi) is 2.11. The van der Waals surface area contributed by atoms with Gasteiger partial charge in [-0.25, -0.2) is 0 Å². The minimum absolute atomic E-state index is 0.424. The Hall–Kier alpha value is -0.740. The first-order chi connectivity index (χ1) is 8.60. The third kappa shape index (κ3) is 1.51. The molecule has 1 spiro atoms. The zero-order valence-corrected chi connectivity index (χ0v) is 11.6. The summed E-state index contributed by atoms with van der Waals surface area (Å²) in [4.78, 5) is 0. The lowest BCUT2D eigenvalue weighted by molar-refractivity contribution is -0.0717. The SMILES string of the molecule is OC1(c2cc3c(cc2Br)OC2(CCCC2)O3)CC1. The molecule has 1 aromatic carbocycles. The lowest BCUT2D eigenvalue weighted by atomic mass is 10.1. The number of rotatable bonds is 1. The van der Waals surface area contributed by atoms with Gasteiger partial charge in [0.1, 0.15) is 0 Å². The smallest absolute Gasteiger partial charge is 0.251 e. The first-order valence-electron chi connectivity index (χ1n) is 6.55. The minimum atomic E-state index is -0.650. The van der Waals surface area contributed by atoms with E-state index in [-0.39, 0.29) is 0 Å². The molecule has 1 aromatic rings. The second-order valence-electron chi connectivity index (χ2n) is 5.63. The summed E-state index contributed by atoms with van der Waals surface area (Å²) in [5.74, 6) is 1.17.